The number of morpholine rings is 1. The second kappa shape index (κ2) is 12.4. The third kappa shape index (κ3) is 6.66. The standard InChI is InChI=1S/C24H33N3O2.2ClH/c1-16(2)13-22-21(15-25)24(19-7-5-17(3)6-8-19)20(18(4)26-22)14-23(28)27-9-11-29-12-10-27;;/h5-8,16H,9-15,25H2,1-4H3;2*1H. The molecule has 2 heterocycles. The zero-order chi connectivity index (χ0) is 21.0. The summed E-state index contributed by atoms with van der Waals surface area (Å²) in [6.45, 7) is 11.4. The molecule has 0 radical (unpaired) electrons. The minimum absolute atomic E-state index is 0. The normalized spacial score (nSPS) is 13.5. The van der Waals surface area contributed by atoms with Gasteiger partial charge in [0.15, 0.2) is 0 Å². The van der Waals surface area contributed by atoms with Gasteiger partial charge in [-0.3, -0.25) is 9.78 Å². The number of benzene rings is 1. The van der Waals surface area contributed by atoms with Gasteiger partial charge in [-0.25, -0.2) is 0 Å². The molecule has 5 nitrogen and oxygen atoms in total. The van der Waals surface area contributed by atoms with Crippen molar-refractivity contribution in [2.75, 3.05) is 26.3 Å². The van der Waals surface area contributed by atoms with E-state index in [-0.39, 0.29) is 30.7 Å². The summed E-state index contributed by atoms with van der Waals surface area (Å²) in [7, 11) is 0. The largest absolute Gasteiger partial charge is 0.378 e. The van der Waals surface area contributed by atoms with E-state index in [1.807, 2.05) is 11.8 Å². The molecular weight excluding hydrogens is 433 g/mol. The van der Waals surface area contributed by atoms with Gasteiger partial charge in [0, 0.05) is 31.0 Å². The van der Waals surface area contributed by atoms with Crippen LogP contribution in [0.15, 0.2) is 24.3 Å². The van der Waals surface area contributed by atoms with Crippen molar-refractivity contribution in [3.8, 4) is 11.1 Å². The first-order valence-corrected chi connectivity index (χ1v) is 10.5. The van der Waals surface area contributed by atoms with Gasteiger partial charge in [0.2, 0.25) is 5.91 Å². The summed E-state index contributed by atoms with van der Waals surface area (Å²) in [4.78, 5) is 19.8. The van der Waals surface area contributed by atoms with Gasteiger partial charge < -0.3 is 15.4 Å². The second-order valence-electron chi connectivity index (χ2n) is 8.31. The number of carbonyl (C=O) groups excluding carboxylic acids is 1. The van der Waals surface area contributed by atoms with E-state index in [0.717, 1.165) is 40.1 Å². The van der Waals surface area contributed by atoms with Crippen LogP contribution in [-0.2, 0) is 28.9 Å². The third-order valence-electron chi connectivity index (χ3n) is 5.53. The maximum absolute atomic E-state index is 13.0. The first-order valence-electron chi connectivity index (χ1n) is 10.5. The van der Waals surface area contributed by atoms with Gasteiger partial charge in [-0.15, -0.1) is 24.8 Å². The summed E-state index contributed by atoms with van der Waals surface area (Å²) in [5.74, 6) is 0.616. The Morgan fingerprint density at radius 2 is 1.71 bits per heavy atom. The summed E-state index contributed by atoms with van der Waals surface area (Å²) in [5, 5.41) is 0. The fraction of sp³-hybridized carbons (Fsp3) is 0.500. The number of amides is 1. The SMILES string of the molecule is Cc1ccc(-c2c(CC(=O)N3CCOCC3)c(C)nc(CC(C)C)c2CN)cc1.Cl.Cl. The smallest absolute Gasteiger partial charge is 0.227 e. The highest BCUT2D eigenvalue weighted by Gasteiger charge is 2.24. The first-order chi connectivity index (χ1) is 13.9. The van der Waals surface area contributed by atoms with Crippen molar-refractivity contribution in [3.05, 3.63) is 52.3 Å². The highest BCUT2D eigenvalue weighted by molar-refractivity contribution is 5.86. The summed E-state index contributed by atoms with van der Waals surface area (Å²) >= 11 is 0. The number of aryl methyl sites for hydroxylation is 2. The van der Waals surface area contributed by atoms with Crippen LogP contribution in [0.3, 0.4) is 0 Å². The lowest BCUT2D eigenvalue weighted by molar-refractivity contribution is -0.134. The van der Waals surface area contributed by atoms with Crippen LogP contribution in [0.4, 0.5) is 0 Å². The molecule has 172 valence electrons. The Hall–Kier alpha value is -1.66. The van der Waals surface area contributed by atoms with Crippen LogP contribution in [0.1, 0.15) is 41.9 Å². The van der Waals surface area contributed by atoms with Crippen LogP contribution in [-0.4, -0.2) is 42.1 Å². The van der Waals surface area contributed by atoms with Crippen molar-refractivity contribution < 1.29 is 9.53 Å². The molecule has 0 bridgehead atoms. The highest BCUT2D eigenvalue weighted by Crippen LogP contribution is 2.33. The lowest BCUT2D eigenvalue weighted by Crippen LogP contribution is -2.41. The highest BCUT2D eigenvalue weighted by atomic mass is 35.5. The minimum atomic E-state index is 0. The molecule has 1 fully saturated rings. The Bertz CT molecular complexity index is 864. The lowest BCUT2D eigenvalue weighted by Gasteiger charge is -2.28. The van der Waals surface area contributed by atoms with E-state index < -0.39 is 0 Å². The average molecular weight is 468 g/mol. The molecule has 1 amide bonds. The number of nitrogens with two attached hydrogens (primary N) is 1. The molecule has 0 aliphatic carbocycles. The Morgan fingerprint density at radius 1 is 1.10 bits per heavy atom. The topological polar surface area (TPSA) is 68.5 Å². The minimum Gasteiger partial charge on any atom is -0.378 e. The molecule has 0 unspecified atom stereocenters. The van der Waals surface area contributed by atoms with Crippen LogP contribution < -0.4 is 5.73 Å². The van der Waals surface area contributed by atoms with Crippen LogP contribution in [0.2, 0.25) is 0 Å². The van der Waals surface area contributed by atoms with Crippen LogP contribution in [0, 0.1) is 19.8 Å². The summed E-state index contributed by atoms with van der Waals surface area (Å²) in [6.07, 6.45) is 1.22. The quantitative estimate of drug-likeness (QED) is 0.688. The number of aromatic nitrogens is 1. The molecule has 31 heavy (non-hydrogen) atoms. The van der Waals surface area contributed by atoms with Gasteiger partial charge in [-0.05, 0) is 48.4 Å². The molecule has 1 aliphatic rings. The Kier molecular flexibility index (Phi) is 10.9. The van der Waals surface area contributed by atoms with Gasteiger partial charge in [0.05, 0.1) is 19.6 Å². The van der Waals surface area contributed by atoms with E-state index in [2.05, 4.69) is 45.0 Å². The predicted molar refractivity (Wildman–Crippen MR) is 131 cm³/mol. The molecule has 0 saturated carbocycles. The van der Waals surface area contributed by atoms with E-state index in [0.29, 0.717) is 45.2 Å². The first kappa shape index (κ1) is 27.4. The van der Waals surface area contributed by atoms with Crippen molar-refractivity contribution in [2.45, 2.75) is 47.1 Å². The number of nitrogens with zero attached hydrogens (tertiary/aromatic N) is 2. The number of carbonyl (C=O) groups is 1. The number of pyridine rings is 1. The summed E-state index contributed by atoms with van der Waals surface area (Å²) in [6, 6.07) is 8.48. The number of halogens is 2. The molecule has 3 rings (SSSR count). The number of rotatable bonds is 6. The number of hydrogen-bond acceptors (Lipinski definition) is 4. The van der Waals surface area contributed by atoms with Gasteiger partial charge in [-0.1, -0.05) is 43.7 Å². The monoisotopic (exact) mass is 467 g/mol. The van der Waals surface area contributed by atoms with E-state index in [9.17, 15) is 4.79 Å². The van der Waals surface area contributed by atoms with Crippen molar-refractivity contribution in [1.82, 2.24) is 9.88 Å². The lowest BCUT2D eigenvalue weighted by atomic mass is 9.88. The maximum atomic E-state index is 13.0. The van der Waals surface area contributed by atoms with Gasteiger partial charge in [-0.2, -0.15) is 0 Å². The van der Waals surface area contributed by atoms with Crippen molar-refractivity contribution >= 4 is 30.7 Å². The van der Waals surface area contributed by atoms with Crippen molar-refractivity contribution in [3.63, 3.8) is 0 Å². The molecule has 2 aromatic rings. The maximum Gasteiger partial charge on any atom is 0.227 e. The molecule has 1 aliphatic heterocycles. The van der Waals surface area contributed by atoms with Gasteiger partial charge in [0.1, 0.15) is 0 Å². The van der Waals surface area contributed by atoms with Crippen LogP contribution in [0.5, 0.6) is 0 Å². The Balaban J connectivity index is 0.00000240. The average Bonchev–Trinajstić information content (AvgIpc) is 2.70. The Labute approximate surface area is 198 Å². The fourth-order valence-corrected chi connectivity index (χ4v) is 3.98. The molecule has 1 aromatic carbocycles. The number of hydrogen-bond donors (Lipinski definition) is 1. The molecule has 0 atom stereocenters. The van der Waals surface area contributed by atoms with E-state index >= 15 is 0 Å². The van der Waals surface area contributed by atoms with Gasteiger partial charge in [0.25, 0.3) is 0 Å². The van der Waals surface area contributed by atoms with E-state index in [1.54, 1.807) is 0 Å². The van der Waals surface area contributed by atoms with Gasteiger partial charge >= 0.3 is 0 Å². The molecule has 2 N–H and O–H groups in total. The fourth-order valence-electron chi connectivity index (χ4n) is 3.98. The molecule has 1 saturated heterocycles. The molecule has 0 spiro atoms. The van der Waals surface area contributed by atoms with Crippen LogP contribution >= 0.6 is 24.8 Å². The van der Waals surface area contributed by atoms with Crippen LogP contribution in [0.25, 0.3) is 11.1 Å². The summed E-state index contributed by atoms with van der Waals surface area (Å²) in [5.41, 5.74) is 13.7. The van der Waals surface area contributed by atoms with E-state index in [4.69, 9.17) is 15.5 Å². The van der Waals surface area contributed by atoms with Crippen molar-refractivity contribution in [1.29, 1.82) is 0 Å². The molecular formula is C24H35Cl2N3O2. The zero-order valence-electron chi connectivity index (χ0n) is 18.9. The molecule has 1 aromatic heterocycles. The summed E-state index contributed by atoms with van der Waals surface area (Å²) < 4.78 is 5.39. The Morgan fingerprint density at radius 3 is 2.26 bits per heavy atom. The number of ether oxygens (including phenoxy) is 1. The van der Waals surface area contributed by atoms with E-state index in [1.165, 1.54) is 5.56 Å². The van der Waals surface area contributed by atoms with Crippen molar-refractivity contribution in [2.24, 2.45) is 11.7 Å². The molecule has 7 heteroatoms. The zero-order valence-corrected chi connectivity index (χ0v) is 20.6. The predicted octanol–water partition coefficient (Wildman–Crippen LogP) is 4.27. The third-order valence-corrected chi connectivity index (χ3v) is 5.53. The second-order valence-corrected chi connectivity index (χ2v) is 8.31.